The van der Waals surface area contributed by atoms with Crippen molar-refractivity contribution in [2.75, 3.05) is 39.3 Å². The Balaban J connectivity index is 1.79. The fourth-order valence-electron chi connectivity index (χ4n) is 5.20. The van der Waals surface area contributed by atoms with Gasteiger partial charge in [0.25, 0.3) is 5.91 Å². The van der Waals surface area contributed by atoms with Crippen molar-refractivity contribution < 1.29 is 38.4 Å². The Morgan fingerprint density at radius 2 is 1.89 bits per heavy atom. The van der Waals surface area contributed by atoms with Gasteiger partial charge in [0, 0.05) is 24.0 Å². The molecule has 1 N–H and O–H groups in total. The third-order valence-electron chi connectivity index (χ3n) is 7.94. The number of carbonyl (C=O) groups excluding carboxylic acids is 3. The number of quaternary nitrogens is 1. The van der Waals surface area contributed by atoms with E-state index in [9.17, 15) is 19.6 Å². The second kappa shape index (κ2) is 13.2. The summed E-state index contributed by atoms with van der Waals surface area (Å²) in [6, 6.07) is 13.8. The molecule has 0 bridgehead atoms. The molecule has 242 valence electrons. The Labute approximate surface area is 271 Å². The number of hydrogen-bond donors (Lipinski definition) is 1. The smallest absolute Gasteiger partial charge is 0.410 e. The molecule has 3 atom stereocenters. The summed E-state index contributed by atoms with van der Waals surface area (Å²) in [5, 5.41) is 15.4. The highest BCUT2D eigenvalue weighted by atomic mass is 79.9. The van der Waals surface area contributed by atoms with Crippen molar-refractivity contribution in [2.45, 2.75) is 58.3 Å². The maximum Gasteiger partial charge on any atom is 0.410 e. The average molecular weight is 687 g/mol. The van der Waals surface area contributed by atoms with E-state index >= 15 is 0 Å². The van der Waals surface area contributed by atoms with Gasteiger partial charge in [0.2, 0.25) is 5.54 Å². The molecule has 3 aromatic carbocycles. The minimum Gasteiger partial charge on any atom is -0.633 e. The van der Waals surface area contributed by atoms with Gasteiger partial charge in [-0.15, -0.1) is 0 Å². The topological polar surface area (TPSA) is 122 Å². The predicted octanol–water partition coefficient (Wildman–Crippen LogP) is 4.72. The van der Waals surface area contributed by atoms with Gasteiger partial charge in [-0.2, -0.15) is 0 Å². The van der Waals surface area contributed by atoms with E-state index in [0.29, 0.717) is 17.0 Å². The number of nitrogens with one attached hydrogen (secondary N) is 1. The number of anilines is 1. The first-order chi connectivity index (χ1) is 21.1. The number of amides is 2. The number of carbonyl (C=O) groups is 3. The number of para-hydroxylation sites is 1. The molecule has 0 saturated heterocycles. The largest absolute Gasteiger partial charge is 0.633 e. The molecule has 11 nitrogen and oxygen atoms in total. The first kappa shape index (κ1) is 34.0. The highest BCUT2D eigenvalue weighted by Crippen LogP contribution is 2.40. The number of likely N-dealkylation sites (N-methyl/N-ethyl adjacent to an activating group) is 1. The van der Waals surface area contributed by atoms with Gasteiger partial charge in [-0.3, -0.25) is 9.69 Å². The van der Waals surface area contributed by atoms with E-state index in [1.54, 1.807) is 60.1 Å². The maximum atomic E-state index is 14.6. The van der Waals surface area contributed by atoms with Crippen LogP contribution in [0.3, 0.4) is 0 Å². The van der Waals surface area contributed by atoms with Crippen LogP contribution in [0, 0.1) is 5.21 Å². The summed E-state index contributed by atoms with van der Waals surface area (Å²) in [6.45, 7) is 8.07. The number of fused-ring (bicyclic) bond motifs is 2. The van der Waals surface area contributed by atoms with Gasteiger partial charge < -0.3 is 34.1 Å². The quantitative estimate of drug-likeness (QED) is 0.267. The van der Waals surface area contributed by atoms with E-state index in [2.05, 4.69) is 15.9 Å². The number of rotatable bonds is 8. The Bertz CT molecular complexity index is 1610. The molecule has 0 fully saturated rings. The van der Waals surface area contributed by atoms with Gasteiger partial charge in [-0.05, 0) is 68.8 Å². The molecule has 2 unspecified atom stereocenters. The summed E-state index contributed by atoms with van der Waals surface area (Å²) in [6.07, 6.45) is -0.581. The van der Waals surface area contributed by atoms with Crippen LogP contribution in [0.4, 0.5) is 10.5 Å². The van der Waals surface area contributed by atoms with Gasteiger partial charge in [-0.1, -0.05) is 34.1 Å². The van der Waals surface area contributed by atoms with Crippen molar-refractivity contribution in [2.24, 2.45) is 0 Å². The predicted molar refractivity (Wildman–Crippen MR) is 174 cm³/mol. The molecule has 1 aliphatic heterocycles. The summed E-state index contributed by atoms with van der Waals surface area (Å²) >= 11 is 3.52. The Morgan fingerprint density at radius 1 is 1.18 bits per heavy atom. The number of hydrogen-bond acceptors (Lipinski definition) is 8. The van der Waals surface area contributed by atoms with Gasteiger partial charge in [-0.25, -0.2) is 9.59 Å². The van der Waals surface area contributed by atoms with Crippen LogP contribution in [0.2, 0.25) is 0 Å². The van der Waals surface area contributed by atoms with Gasteiger partial charge in [0.05, 0.1) is 39.0 Å². The van der Waals surface area contributed by atoms with Crippen molar-refractivity contribution in [3.05, 3.63) is 69.3 Å². The lowest BCUT2D eigenvalue weighted by molar-refractivity contribution is -0.893. The zero-order valence-electron chi connectivity index (χ0n) is 26.9. The SMILES string of the molecule is COC(=O)c1cccc2c1OCC(C)([NH+]([O-])C[C@H](C)N(C)C(=O)OC(C)(C)C)C(=O)N2Cc1c(OC)ccc2cc(Br)ccc12. The Hall–Kier alpha value is -3.87. The fraction of sp³-hybridized carbons (Fsp3) is 0.424. The lowest BCUT2D eigenvalue weighted by Gasteiger charge is -2.42. The zero-order chi connectivity index (χ0) is 33.3. The van der Waals surface area contributed by atoms with Gasteiger partial charge in [0.15, 0.2) is 12.4 Å². The van der Waals surface area contributed by atoms with E-state index in [-0.39, 0.29) is 31.0 Å². The van der Waals surface area contributed by atoms with Crippen LogP contribution >= 0.6 is 15.9 Å². The van der Waals surface area contributed by atoms with Crippen molar-refractivity contribution >= 4 is 50.4 Å². The number of esters is 1. The molecule has 12 heteroatoms. The molecular formula is C33H40BrN3O8. The van der Waals surface area contributed by atoms with Crippen LogP contribution in [-0.4, -0.2) is 74.5 Å². The van der Waals surface area contributed by atoms with Gasteiger partial charge >= 0.3 is 12.1 Å². The second-order valence-corrected chi connectivity index (χ2v) is 13.3. The van der Waals surface area contributed by atoms with Gasteiger partial charge in [0.1, 0.15) is 16.9 Å². The third kappa shape index (κ3) is 7.03. The van der Waals surface area contributed by atoms with Crippen LogP contribution in [0.5, 0.6) is 11.5 Å². The molecular weight excluding hydrogens is 646 g/mol. The molecule has 0 radical (unpaired) electrons. The van der Waals surface area contributed by atoms with Crippen LogP contribution in [0.15, 0.2) is 53.0 Å². The Kier molecular flexibility index (Phi) is 10.0. The molecule has 0 aliphatic carbocycles. The molecule has 0 aromatic heterocycles. The van der Waals surface area contributed by atoms with E-state index in [0.717, 1.165) is 15.2 Å². The number of ether oxygens (including phenoxy) is 4. The van der Waals surface area contributed by atoms with Crippen LogP contribution in [0.1, 0.15) is 50.5 Å². The number of methoxy groups -OCH3 is 2. The number of nitrogens with zero attached hydrogens (tertiary/aromatic N) is 2. The van der Waals surface area contributed by atoms with Crippen LogP contribution in [0.25, 0.3) is 10.8 Å². The third-order valence-corrected chi connectivity index (χ3v) is 8.43. The van der Waals surface area contributed by atoms with Crippen molar-refractivity contribution in [3.63, 3.8) is 0 Å². The van der Waals surface area contributed by atoms with Crippen LogP contribution < -0.4 is 19.4 Å². The average Bonchev–Trinajstić information content (AvgIpc) is 3.10. The molecule has 2 amide bonds. The number of halogens is 1. The molecule has 4 rings (SSSR count). The van der Waals surface area contributed by atoms with E-state index in [1.807, 2.05) is 30.3 Å². The maximum absolute atomic E-state index is 14.6. The number of hydroxylamine groups is 2. The number of benzene rings is 3. The minimum absolute atomic E-state index is 0.0121. The van der Waals surface area contributed by atoms with Crippen molar-refractivity contribution in [1.82, 2.24) is 4.90 Å². The summed E-state index contributed by atoms with van der Waals surface area (Å²) < 4.78 is 23.2. The molecule has 1 heterocycles. The highest BCUT2D eigenvalue weighted by molar-refractivity contribution is 9.10. The summed E-state index contributed by atoms with van der Waals surface area (Å²) in [5.74, 6) is -0.477. The fourth-order valence-corrected chi connectivity index (χ4v) is 5.58. The Morgan fingerprint density at radius 3 is 2.53 bits per heavy atom. The van der Waals surface area contributed by atoms with E-state index < -0.39 is 40.2 Å². The van der Waals surface area contributed by atoms with E-state index in [4.69, 9.17) is 18.9 Å². The second-order valence-electron chi connectivity index (χ2n) is 12.3. The lowest BCUT2D eigenvalue weighted by atomic mass is 9.98. The molecule has 3 aromatic rings. The first-order valence-electron chi connectivity index (χ1n) is 14.5. The minimum atomic E-state index is -1.67. The lowest BCUT2D eigenvalue weighted by Crippen LogP contribution is -3.19. The molecule has 0 spiro atoms. The van der Waals surface area contributed by atoms with Crippen LogP contribution in [-0.2, 0) is 20.8 Å². The first-order valence-corrected chi connectivity index (χ1v) is 15.3. The summed E-state index contributed by atoms with van der Waals surface area (Å²) in [7, 11) is 4.36. The highest BCUT2D eigenvalue weighted by Gasteiger charge is 2.48. The normalized spacial score (nSPS) is 17.9. The molecule has 1 aliphatic rings. The molecule has 45 heavy (non-hydrogen) atoms. The summed E-state index contributed by atoms with van der Waals surface area (Å²) in [5.41, 5.74) is -1.24. The molecule has 0 saturated carbocycles. The standard InChI is InChI=1S/C33H40BrN3O8/c1-20(35(6)31(40)45-32(2,3)4)17-37(41)33(5)19-44-28-24(29(38)43-8)10-9-11-26(28)36(30(33)39)18-25-23-14-13-22(34)16-21(23)12-15-27(25)42-7/h9-16,20,37H,17-19H2,1-8H3/t20-,33?/m0/s1. The van der Waals surface area contributed by atoms with Crippen molar-refractivity contribution in [1.29, 1.82) is 0 Å². The monoisotopic (exact) mass is 685 g/mol. The summed E-state index contributed by atoms with van der Waals surface area (Å²) in [4.78, 5) is 43.0. The van der Waals surface area contributed by atoms with Crippen molar-refractivity contribution in [3.8, 4) is 11.5 Å². The zero-order valence-corrected chi connectivity index (χ0v) is 28.4. The van der Waals surface area contributed by atoms with E-state index in [1.165, 1.54) is 23.8 Å².